The van der Waals surface area contributed by atoms with Crippen LogP contribution in [0.1, 0.15) is 11.1 Å². The van der Waals surface area contributed by atoms with Gasteiger partial charge in [-0.05, 0) is 42.0 Å². The van der Waals surface area contributed by atoms with E-state index >= 15 is 0 Å². The summed E-state index contributed by atoms with van der Waals surface area (Å²) in [6, 6.07) is 13.7. The molecule has 1 aliphatic heterocycles. The molecular formula is C22H18BrClFNO4. The Bertz CT molecular complexity index is 1080. The molecule has 0 saturated carbocycles. The molecule has 0 bridgehead atoms. The molecule has 0 unspecified atom stereocenters. The van der Waals surface area contributed by atoms with Crippen LogP contribution < -0.4 is 24.3 Å². The summed E-state index contributed by atoms with van der Waals surface area (Å²) in [5.74, 6) is 2.21. The molecule has 0 radical (unpaired) electrons. The second kappa shape index (κ2) is 9.02. The third-order valence-corrected chi connectivity index (χ3v) is 5.68. The zero-order valence-electron chi connectivity index (χ0n) is 16.0. The summed E-state index contributed by atoms with van der Waals surface area (Å²) < 4.78 is 36.2. The van der Waals surface area contributed by atoms with Crippen molar-refractivity contribution in [3.63, 3.8) is 0 Å². The number of ether oxygens (including phenoxy) is 4. The van der Waals surface area contributed by atoms with Gasteiger partial charge in [0.05, 0.1) is 12.1 Å². The van der Waals surface area contributed by atoms with Gasteiger partial charge < -0.3 is 24.3 Å². The summed E-state index contributed by atoms with van der Waals surface area (Å²) in [5, 5.41) is 3.68. The van der Waals surface area contributed by atoms with Crippen LogP contribution in [-0.2, 0) is 13.2 Å². The lowest BCUT2D eigenvalue weighted by Crippen LogP contribution is -2.03. The van der Waals surface area contributed by atoms with Gasteiger partial charge in [0.15, 0.2) is 23.0 Å². The summed E-state index contributed by atoms with van der Waals surface area (Å²) in [4.78, 5) is 0. The summed E-state index contributed by atoms with van der Waals surface area (Å²) in [6.07, 6.45) is 0. The fraction of sp³-hybridized carbons (Fsp3) is 0.182. The van der Waals surface area contributed by atoms with E-state index in [0.717, 1.165) is 27.2 Å². The molecule has 0 saturated heterocycles. The Morgan fingerprint density at radius 1 is 1.03 bits per heavy atom. The number of benzene rings is 3. The highest BCUT2D eigenvalue weighted by Gasteiger charge is 2.15. The summed E-state index contributed by atoms with van der Waals surface area (Å²) in [6.45, 7) is 0.990. The average Bonchev–Trinajstić information content (AvgIpc) is 3.20. The number of fused-ring (bicyclic) bond motifs is 1. The van der Waals surface area contributed by atoms with Crippen LogP contribution in [0.5, 0.6) is 23.0 Å². The molecule has 5 nitrogen and oxygen atoms in total. The van der Waals surface area contributed by atoms with Gasteiger partial charge in [-0.2, -0.15) is 0 Å². The summed E-state index contributed by atoms with van der Waals surface area (Å²) >= 11 is 9.66. The van der Waals surface area contributed by atoms with Crippen molar-refractivity contribution in [1.29, 1.82) is 0 Å². The lowest BCUT2D eigenvalue weighted by molar-refractivity contribution is 0.174. The lowest BCUT2D eigenvalue weighted by atomic mass is 10.2. The van der Waals surface area contributed by atoms with Gasteiger partial charge in [-0.25, -0.2) is 4.39 Å². The van der Waals surface area contributed by atoms with Gasteiger partial charge >= 0.3 is 0 Å². The van der Waals surface area contributed by atoms with Gasteiger partial charge in [0, 0.05) is 28.3 Å². The standard InChI is InChI=1S/C22H18BrClFNO4/c1-27-20-6-14(10-26-16-4-5-19-21(8-16)30-12-29-19)17(23)9-22(20)28-11-13-2-3-15(25)7-18(13)24/h2-9,26H,10-12H2,1H3. The second-order valence-corrected chi connectivity index (χ2v) is 7.80. The predicted octanol–water partition coefficient (Wildman–Crippen LogP) is 6.17. The molecule has 0 atom stereocenters. The normalized spacial score (nSPS) is 12.0. The summed E-state index contributed by atoms with van der Waals surface area (Å²) in [5.41, 5.74) is 2.58. The van der Waals surface area contributed by atoms with Gasteiger partial charge in [-0.15, -0.1) is 0 Å². The molecular weight excluding hydrogens is 477 g/mol. The Morgan fingerprint density at radius 3 is 2.67 bits per heavy atom. The second-order valence-electron chi connectivity index (χ2n) is 6.54. The van der Waals surface area contributed by atoms with E-state index in [-0.39, 0.29) is 19.2 Å². The van der Waals surface area contributed by atoms with Crippen LogP contribution in [0.15, 0.2) is 53.0 Å². The first-order valence-electron chi connectivity index (χ1n) is 9.10. The maximum Gasteiger partial charge on any atom is 0.231 e. The van der Waals surface area contributed by atoms with Crippen LogP contribution in [0.25, 0.3) is 0 Å². The fourth-order valence-corrected chi connectivity index (χ4v) is 3.67. The maximum atomic E-state index is 13.2. The minimum Gasteiger partial charge on any atom is -0.493 e. The quantitative estimate of drug-likeness (QED) is 0.426. The Kier molecular flexibility index (Phi) is 6.20. The molecule has 8 heteroatoms. The van der Waals surface area contributed by atoms with Crippen LogP contribution in [0.4, 0.5) is 10.1 Å². The Hall–Kier alpha value is -2.64. The SMILES string of the molecule is COc1cc(CNc2ccc3c(c2)OCO3)c(Br)cc1OCc1ccc(F)cc1Cl. The monoisotopic (exact) mass is 493 g/mol. The Balaban J connectivity index is 1.46. The molecule has 4 rings (SSSR count). The Morgan fingerprint density at radius 2 is 1.87 bits per heavy atom. The van der Waals surface area contributed by atoms with Crippen molar-refractivity contribution >= 4 is 33.2 Å². The highest BCUT2D eigenvalue weighted by atomic mass is 79.9. The van der Waals surface area contributed by atoms with E-state index in [4.69, 9.17) is 30.5 Å². The van der Waals surface area contributed by atoms with E-state index in [1.807, 2.05) is 30.3 Å². The van der Waals surface area contributed by atoms with Crippen LogP contribution in [-0.4, -0.2) is 13.9 Å². The van der Waals surface area contributed by atoms with Crippen molar-refractivity contribution in [3.05, 3.63) is 75.0 Å². The van der Waals surface area contributed by atoms with E-state index < -0.39 is 0 Å². The number of hydrogen-bond acceptors (Lipinski definition) is 5. The zero-order chi connectivity index (χ0) is 21.1. The molecule has 3 aromatic rings. The molecule has 0 aromatic heterocycles. The van der Waals surface area contributed by atoms with Crippen molar-refractivity contribution in [1.82, 2.24) is 0 Å². The molecule has 30 heavy (non-hydrogen) atoms. The number of halogens is 3. The van der Waals surface area contributed by atoms with Crippen LogP contribution in [0, 0.1) is 5.82 Å². The predicted molar refractivity (Wildman–Crippen MR) is 116 cm³/mol. The van der Waals surface area contributed by atoms with Gasteiger partial charge in [-0.3, -0.25) is 0 Å². The van der Waals surface area contributed by atoms with E-state index in [2.05, 4.69) is 21.2 Å². The van der Waals surface area contributed by atoms with Crippen molar-refractivity contribution in [3.8, 4) is 23.0 Å². The van der Waals surface area contributed by atoms with E-state index in [9.17, 15) is 4.39 Å². The number of nitrogens with one attached hydrogen (secondary N) is 1. The lowest BCUT2D eigenvalue weighted by Gasteiger charge is -2.15. The number of hydrogen-bond donors (Lipinski definition) is 1. The fourth-order valence-electron chi connectivity index (χ4n) is 2.98. The van der Waals surface area contributed by atoms with Gasteiger partial charge in [0.25, 0.3) is 0 Å². The largest absolute Gasteiger partial charge is 0.493 e. The molecule has 1 aliphatic rings. The first kappa shape index (κ1) is 20.6. The molecule has 0 fully saturated rings. The molecule has 3 aromatic carbocycles. The van der Waals surface area contributed by atoms with Crippen molar-refractivity contribution in [2.75, 3.05) is 19.2 Å². The molecule has 156 valence electrons. The molecule has 0 aliphatic carbocycles. The third-order valence-electron chi connectivity index (χ3n) is 4.59. The first-order valence-corrected chi connectivity index (χ1v) is 10.3. The van der Waals surface area contributed by atoms with Crippen LogP contribution in [0.2, 0.25) is 5.02 Å². The van der Waals surface area contributed by atoms with Gasteiger partial charge in [0.2, 0.25) is 6.79 Å². The van der Waals surface area contributed by atoms with Gasteiger partial charge in [-0.1, -0.05) is 33.6 Å². The molecule has 1 heterocycles. The average molecular weight is 495 g/mol. The topological polar surface area (TPSA) is 49.0 Å². The van der Waals surface area contributed by atoms with Crippen molar-refractivity contribution in [2.24, 2.45) is 0 Å². The highest BCUT2D eigenvalue weighted by molar-refractivity contribution is 9.10. The third kappa shape index (κ3) is 4.57. The van der Waals surface area contributed by atoms with Gasteiger partial charge in [0.1, 0.15) is 12.4 Å². The first-order chi connectivity index (χ1) is 14.5. The minimum atomic E-state index is -0.386. The van der Waals surface area contributed by atoms with Crippen LogP contribution >= 0.6 is 27.5 Å². The van der Waals surface area contributed by atoms with Crippen LogP contribution in [0.3, 0.4) is 0 Å². The van der Waals surface area contributed by atoms with E-state index in [1.165, 1.54) is 12.1 Å². The van der Waals surface area contributed by atoms with E-state index in [0.29, 0.717) is 28.6 Å². The number of anilines is 1. The highest BCUT2D eigenvalue weighted by Crippen LogP contribution is 2.36. The maximum absolute atomic E-state index is 13.2. The summed E-state index contributed by atoms with van der Waals surface area (Å²) in [7, 11) is 1.58. The minimum absolute atomic E-state index is 0.191. The molecule has 0 spiro atoms. The number of methoxy groups -OCH3 is 1. The number of rotatable bonds is 7. The Labute approximate surface area is 186 Å². The smallest absolute Gasteiger partial charge is 0.231 e. The molecule has 1 N–H and O–H groups in total. The van der Waals surface area contributed by atoms with Crippen molar-refractivity contribution in [2.45, 2.75) is 13.2 Å². The van der Waals surface area contributed by atoms with E-state index in [1.54, 1.807) is 13.2 Å². The molecule has 0 amide bonds. The van der Waals surface area contributed by atoms with Crippen molar-refractivity contribution < 1.29 is 23.3 Å². The zero-order valence-corrected chi connectivity index (χ0v) is 18.3.